The number of allylic oxidation sites excluding steroid dienone is 4. The number of alkyl halides is 4. The van der Waals surface area contributed by atoms with Crippen LogP contribution in [0.4, 0.5) is 17.6 Å². The van der Waals surface area contributed by atoms with E-state index in [-0.39, 0.29) is 24.0 Å². The molecule has 1 aromatic carbocycles. The molecule has 0 N–H and O–H groups in total. The van der Waals surface area contributed by atoms with Crippen molar-refractivity contribution in [3.05, 3.63) is 58.7 Å². The van der Waals surface area contributed by atoms with Gasteiger partial charge in [0.2, 0.25) is 0 Å². The van der Waals surface area contributed by atoms with Crippen LogP contribution in [0.25, 0.3) is 0 Å². The van der Waals surface area contributed by atoms with Crippen LogP contribution >= 0.6 is 0 Å². The molecule has 3 rings (SSSR count). The molecule has 0 saturated carbocycles. The van der Waals surface area contributed by atoms with E-state index < -0.39 is 28.8 Å². The molecule has 0 bridgehead atoms. The average Bonchev–Trinajstić information content (AvgIpc) is 2.44. The van der Waals surface area contributed by atoms with Gasteiger partial charge in [-0.25, -0.2) is 0 Å². The Morgan fingerprint density at radius 2 is 1.70 bits per heavy atom. The molecule has 5 heteroatoms. The minimum absolute atomic E-state index is 0.0177. The summed E-state index contributed by atoms with van der Waals surface area (Å²) < 4.78 is 56.9. The van der Waals surface area contributed by atoms with E-state index in [1.54, 1.807) is 0 Å². The van der Waals surface area contributed by atoms with Crippen molar-refractivity contribution in [2.75, 3.05) is 0 Å². The van der Waals surface area contributed by atoms with Gasteiger partial charge in [-0.05, 0) is 17.6 Å². The van der Waals surface area contributed by atoms with Crippen LogP contribution in [0.1, 0.15) is 17.5 Å². The topological polar surface area (TPSA) is 17.1 Å². The number of fused-ring (bicyclic) bond motifs is 1. The predicted molar refractivity (Wildman–Crippen MR) is 64.8 cm³/mol. The Kier molecular flexibility index (Phi) is 2.64. The van der Waals surface area contributed by atoms with Gasteiger partial charge in [0.15, 0.2) is 5.78 Å². The van der Waals surface area contributed by atoms with Gasteiger partial charge >= 0.3 is 11.8 Å². The summed E-state index contributed by atoms with van der Waals surface area (Å²) in [7, 11) is 0. The van der Waals surface area contributed by atoms with E-state index in [0.29, 0.717) is 0 Å². The summed E-state index contributed by atoms with van der Waals surface area (Å²) in [4.78, 5) is 11.7. The Morgan fingerprint density at radius 3 is 2.45 bits per heavy atom. The number of halogens is 4. The molecule has 0 atom stereocenters. The Bertz CT molecular complexity index is 656. The van der Waals surface area contributed by atoms with E-state index in [2.05, 4.69) is 0 Å². The minimum Gasteiger partial charge on any atom is -0.294 e. The highest BCUT2D eigenvalue weighted by atomic mass is 19.3. The summed E-state index contributed by atoms with van der Waals surface area (Å²) in [6.45, 7) is 0. The number of hydrogen-bond acceptors (Lipinski definition) is 1. The lowest BCUT2D eigenvalue weighted by molar-refractivity contribution is -0.194. The third-order valence-electron chi connectivity index (χ3n) is 3.67. The molecule has 0 amide bonds. The Hall–Kier alpha value is -1.91. The van der Waals surface area contributed by atoms with Crippen molar-refractivity contribution in [1.82, 2.24) is 0 Å². The van der Waals surface area contributed by atoms with Gasteiger partial charge in [0, 0.05) is 12.0 Å². The lowest BCUT2D eigenvalue weighted by Crippen LogP contribution is -2.42. The van der Waals surface area contributed by atoms with E-state index in [1.807, 2.05) is 0 Å². The molecule has 0 fully saturated rings. The lowest BCUT2D eigenvalue weighted by atomic mass is 9.89. The van der Waals surface area contributed by atoms with Crippen molar-refractivity contribution in [2.24, 2.45) is 0 Å². The van der Waals surface area contributed by atoms with Crippen LogP contribution in [0.5, 0.6) is 0 Å². The summed E-state index contributed by atoms with van der Waals surface area (Å²) in [5.74, 6) is -9.81. The molecule has 0 radical (unpaired) electrons. The van der Waals surface area contributed by atoms with E-state index in [4.69, 9.17) is 0 Å². The molecule has 0 heterocycles. The number of benzene rings is 1. The van der Waals surface area contributed by atoms with Crippen molar-refractivity contribution in [2.45, 2.75) is 24.7 Å². The second-order valence-corrected chi connectivity index (χ2v) is 4.91. The molecule has 0 saturated heterocycles. The van der Waals surface area contributed by atoms with Gasteiger partial charge in [0.05, 0.1) is 5.57 Å². The number of rotatable bonds is 0. The quantitative estimate of drug-likeness (QED) is 0.662. The SMILES string of the molecule is O=C1CC=CC2=C1C(F)(F)C(F)(F)c1ccccc1C2. The summed E-state index contributed by atoms with van der Waals surface area (Å²) >= 11 is 0. The lowest BCUT2D eigenvalue weighted by Gasteiger charge is -2.28. The van der Waals surface area contributed by atoms with Crippen LogP contribution in [0, 0.1) is 0 Å². The van der Waals surface area contributed by atoms with Gasteiger partial charge in [-0.2, -0.15) is 17.6 Å². The van der Waals surface area contributed by atoms with E-state index in [0.717, 1.165) is 6.07 Å². The van der Waals surface area contributed by atoms with Gasteiger partial charge in [0.1, 0.15) is 0 Å². The molecule has 1 aromatic rings. The van der Waals surface area contributed by atoms with Crippen molar-refractivity contribution in [1.29, 1.82) is 0 Å². The van der Waals surface area contributed by atoms with Crippen molar-refractivity contribution in [3.63, 3.8) is 0 Å². The van der Waals surface area contributed by atoms with Crippen LogP contribution in [0.15, 0.2) is 47.6 Å². The second-order valence-electron chi connectivity index (χ2n) is 4.91. The summed E-state index contributed by atoms with van der Waals surface area (Å²) in [6.07, 6.45) is 2.44. The highest BCUT2D eigenvalue weighted by Crippen LogP contribution is 2.52. The first kappa shape index (κ1) is 13.1. The maximum Gasteiger partial charge on any atom is 0.343 e. The van der Waals surface area contributed by atoms with E-state index in [1.165, 1.54) is 30.4 Å². The second kappa shape index (κ2) is 4.04. The first-order valence-corrected chi connectivity index (χ1v) is 6.13. The predicted octanol–water partition coefficient (Wildman–Crippen LogP) is 3.80. The largest absolute Gasteiger partial charge is 0.343 e. The third-order valence-corrected chi connectivity index (χ3v) is 3.67. The van der Waals surface area contributed by atoms with Crippen LogP contribution in [-0.2, 0) is 17.1 Å². The Labute approximate surface area is 112 Å². The van der Waals surface area contributed by atoms with Gasteiger partial charge < -0.3 is 0 Å². The molecule has 20 heavy (non-hydrogen) atoms. The maximum atomic E-state index is 14.2. The minimum atomic E-state index is -4.49. The normalized spacial score (nSPS) is 23.1. The molecule has 0 unspecified atom stereocenters. The summed E-state index contributed by atoms with van der Waals surface area (Å²) in [5, 5.41) is 0. The number of ketones is 1. The zero-order chi connectivity index (χ0) is 14.5. The summed E-state index contributed by atoms with van der Waals surface area (Å²) in [5.41, 5.74) is -1.64. The van der Waals surface area contributed by atoms with Crippen molar-refractivity contribution < 1.29 is 22.4 Å². The van der Waals surface area contributed by atoms with Crippen LogP contribution < -0.4 is 0 Å². The van der Waals surface area contributed by atoms with Crippen LogP contribution in [0.2, 0.25) is 0 Å². The van der Waals surface area contributed by atoms with E-state index >= 15 is 0 Å². The Balaban J connectivity index is 2.32. The molecule has 1 nitrogen and oxygen atoms in total. The van der Waals surface area contributed by atoms with Crippen LogP contribution in [0.3, 0.4) is 0 Å². The fraction of sp³-hybridized carbons (Fsp3) is 0.267. The maximum absolute atomic E-state index is 14.2. The zero-order valence-electron chi connectivity index (χ0n) is 10.3. The first-order chi connectivity index (χ1) is 9.35. The fourth-order valence-electron chi connectivity index (χ4n) is 2.71. The number of carbonyl (C=O) groups is 1. The van der Waals surface area contributed by atoms with E-state index in [9.17, 15) is 22.4 Å². The molecule has 2 aliphatic carbocycles. The molecular weight excluding hydrogens is 272 g/mol. The highest BCUT2D eigenvalue weighted by Gasteiger charge is 2.63. The van der Waals surface area contributed by atoms with Crippen molar-refractivity contribution in [3.8, 4) is 0 Å². The van der Waals surface area contributed by atoms with Gasteiger partial charge in [0.25, 0.3) is 0 Å². The molecule has 104 valence electrons. The molecule has 2 aliphatic rings. The molecule has 0 aromatic heterocycles. The molecule has 0 spiro atoms. The zero-order valence-corrected chi connectivity index (χ0v) is 10.3. The Morgan fingerprint density at radius 1 is 1.00 bits per heavy atom. The highest BCUT2D eigenvalue weighted by molar-refractivity contribution is 6.00. The molecule has 0 aliphatic heterocycles. The standard InChI is InChI=1S/C15H10F4O/c16-14(17)11-6-2-1-4-9(11)8-10-5-3-7-12(20)13(10)15(14,18)19/h1-6H,7-8H2. The van der Waals surface area contributed by atoms with Crippen LogP contribution in [-0.4, -0.2) is 11.7 Å². The fourth-order valence-corrected chi connectivity index (χ4v) is 2.71. The first-order valence-electron chi connectivity index (χ1n) is 6.13. The van der Waals surface area contributed by atoms with Gasteiger partial charge in [-0.15, -0.1) is 0 Å². The monoisotopic (exact) mass is 282 g/mol. The average molecular weight is 282 g/mol. The van der Waals surface area contributed by atoms with Crippen molar-refractivity contribution >= 4 is 5.78 Å². The number of Topliss-reactive ketones (excluding diaryl/α,β-unsaturated/α-hetero) is 1. The number of carbonyl (C=O) groups excluding carboxylic acids is 1. The van der Waals surface area contributed by atoms with Gasteiger partial charge in [-0.1, -0.05) is 36.4 Å². The smallest absolute Gasteiger partial charge is 0.294 e. The summed E-state index contributed by atoms with van der Waals surface area (Å²) in [6, 6.07) is 5.20. The van der Waals surface area contributed by atoms with Gasteiger partial charge in [-0.3, -0.25) is 4.79 Å². The molecular formula is C15H10F4O. The number of hydrogen-bond donors (Lipinski definition) is 0. The third kappa shape index (κ3) is 1.58.